The third-order valence-corrected chi connectivity index (χ3v) is 4.79. The van der Waals surface area contributed by atoms with E-state index in [-0.39, 0.29) is 12.5 Å². The molecule has 0 radical (unpaired) electrons. The monoisotopic (exact) mass is 359 g/mol. The third kappa shape index (κ3) is 3.55. The molecule has 0 aliphatic rings. The van der Waals surface area contributed by atoms with Crippen LogP contribution in [0.25, 0.3) is 10.6 Å². The fraction of sp³-hybridized carbons (Fsp3) is 0.118. The molecular formula is C17H14ClN3O2S. The zero-order chi connectivity index (χ0) is 17.1. The molecule has 0 saturated heterocycles. The summed E-state index contributed by atoms with van der Waals surface area (Å²) in [7, 11) is 0. The van der Waals surface area contributed by atoms with Crippen molar-refractivity contribution < 1.29 is 9.52 Å². The van der Waals surface area contributed by atoms with Crippen LogP contribution in [0.3, 0.4) is 0 Å². The normalized spacial score (nSPS) is 10.6. The van der Waals surface area contributed by atoms with E-state index >= 15 is 0 Å². The van der Waals surface area contributed by atoms with Crippen LogP contribution in [-0.2, 0) is 6.54 Å². The van der Waals surface area contributed by atoms with E-state index in [0.717, 1.165) is 20.9 Å². The van der Waals surface area contributed by atoms with Crippen molar-refractivity contribution in [2.75, 3.05) is 0 Å². The van der Waals surface area contributed by atoms with E-state index in [2.05, 4.69) is 10.3 Å². The molecule has 0 spiro atoms. The average molecular weight is 360 g/mol. The second-order valence-electron chi connectivity index (χ2n) is 5.20. The predicted octanol–water partition coefficient (Wildman–Crippen LogP) is 3.34. The lowest BCUT2D eigenvalue weighted by Gasteiger charge is -2.04. The van der Waals surface area contributed by atoms with Crippen LogP contribution in [0.1, 0.15) is 21.7 Å². The number of hydrogen-bond donors (Lipinski definition) is 1. The molecule has 24 heavy (non-hydrogen) atoms. The maximum absolute atomic E-state index is 12.2. The van der Waals surface area contributed by atoms with Gasteiger partial charge in [0.2, 0.25) is 5.69 Å². The van der Waals surface area contributed by atoms with Crippen molar-refractivity contribution in [3.63, 3.8) is 0 Å². The maximum Gasteiger partial charge on any atom is 0.271 e. The van der Waals surface area contributed by atoms with Crippen molar-refractivity contribution in [2.24, 2.45) is 0 Å². The molecule has 5 nitrogen and oxygen atoms in total. The van der Waals surface area contributed by atoms with Gasteiger partial charge in [0.15, 0.2) is 6.20 Å². The zero-order valence-electron chi connectivity index (χ0n) is 12.8. The molecule has 1 aromatic carbocycles. The SMILES string of the molecule is Cc1cc(-c2nc(C(=O)NCc3cccc[n+]3[O-])cs2)ccc1Cl. The number of aromatic nitrogens is 2. The molecule has 2 heterocycles. The topological polar surface area (TPSA) is 68.9 Å². The van der Waals surface area contributed by atoms with E-state index in [1.54, 1.807) is 23.6 Å². The first kappa shape index (κ1) is 16.4. The number of nitrogens with zero attached hydrogens (tertiary/aromatic N) is 2. The molecule has 1 N–H and O–H groups in total. The lowest BCUT2D eigenvalue weighted by molar-refractivity contribution is -0.614. The van der Waals surface area contributed by atoms with Crippen LogP contribution in [0.15, 0.2) is 48.0 Å². The van der Waals surface area contributed by atoms with Crippen LogP contribution in [-0.4, -0.2) is 10.9 Å². The first-order valence-corrected chi connectivity index (χ1v) is 8.47. The van der Waals surface area contributed by atoms with Gasteiger partial charge >= 0.3 is 0 Å². The standard InChI is InChI=1S/C17H14ClN3O2S/c1-11-8-12(5-6-14(11)18)17-20-15(10-24-17)16(22)19-9-13-4-2-3-7-21(13)23/h2-8,10H,9H2,1H3,(H,19,22). The van der Waals surface area contributed by atoms with E-state index in [4.69, 9.17) is 11.6 Å². The Morgan fingerprint density at radius 2 is 2.21 bits per heavy atom. The third-order valence-electron chi connectivity index (χ3n) is 3.48. The summed E-state index contributed by atoms with van der Waals surface area (Å²) in [6.07, 6.45) is 1.39. The van der Waals surface area contributed by atoms with Gasteiger partial charge in [0.25, 0.3) is 5.91 Å². The highest BCUT2D eigenvalue weighted by Crippen LogP contribution is 2.27. The highest BCUT2D eigenvalue weighted by Gasteiger charge is 2.14. The van der Waals surface area contributed by atoms with Gasteiger partial charge in [0.1, 0.15) is 17.2 Å². The summed E-state index contributed by atoms with van der Waals surface area (Å²) >= 11 is 7.42. The highest BCUT2D eigenvalue weighted by molar-refractivity contribution is 7.13. The first-order chi connectivity index (χ1) is 11.5. The molecule has 0 saturated carbocycles. The Labute approximate surface area is 148 Å². The van der Waals surface area contributed by atoms with Gasteiger partial charge in [-0.15, -0.1) is 11.3 Å². The van der Waals surface area contributed by atoms with E-state index in [9.17, 15) is 10.0 Å². The van der Waals surface area contributed by atoms with E-state index in [0.29, 0.717) is 16.4 Å². The van der Waals surface area contributed by atoms with Crippen LogP contribution >= 0.6 is 22.9 Å². The summed E-state index contributed by atoms with van der Waals surface area (Å²) in [6, 6.07) is 10.7. The molecule has 0 bridgehead atoms. The Bertz CT molecular complexity index is 895. The van der Waals surface area contributed by atoms with Crippen LogP contribution in [0, 0.1) is 12.1 Å². The second kappa shape index (κ2) is 6.98. The van der Waals surface area contributed by atoms with Gasteiger partial charge in [0.05, 0.1) is 0 Å². The number of amides is 1. The number of carbonyl (C=O) groups excluding carboxylic acids is 1. The molecule has 3 rings (SSSR count). The quantitative estimate of drug-likeness (QED) is 0.573. The smallest absolute Gasteiger partial charge is 0.271 e. The Balaban J connectivity index is 1.72. The van der Waals surface area contributed by atoms with Crippen LogP contribution < -0.4 is 10.0 Å². The van der Waals surface area contributed by atoms with Gasteiger partial charge in [-0.2, -0.15) is 4.73 Å². The minimum Gasteiger partial charge on any atom is -0.618 e. The minimum absolute atomic E-state index is 0.149. The molecule has 0 unspecified atom stereocenters. The van der Waals surface area contributed by atoms with Crippen molar-refractivity contribution in [1.82, 2.24) is 10.3 Å². The number of pyridine rings is 1. The molecule has 0 aliphatic carbocycles. The molecule has 3 aromatic rings. The molecule has 0 fully saturated rings. The van der Waals surface area contributed by atoms with E-state index in [1.165, 1.54) is 17.5 Å². The van der Waals surface area contributed by atoms with E-state index < -0.39 is 0 Å². The number of nitrogens with one attached hydrogen (secondary N) is 1. The van der Waals surface area contributed by atoms with Gasteiger partial charge in [-0.05, 0) is 30.7 Å². The molecule has 122 valence electrons. The first-order valence-electron chi connectivity index (χ1n) is 7.22. The molecular weight excluding hydrogens is 346 g/mol. The van der Waals surface area contributed by atoms with Gasteiger partial charge in [-0.1, -0.05) is 17.7 Å². The molecule has 1 amide bonds. The average Bonchev–Trinajstić information content (AvgIpc) is 3.06. The number of carbonyl (C=O) groups is 1. The van der Waals surface area contributed by atoms with Gasteiger partial charge in [0, 0.05) is 28.1 Å². The largest absolute Gasteiger partial charge is 0.618 e. The van der Waals surface area contributed by atoms with E-state index in [1.807, 2.05) is 25.1 Å². The molecule has 0 atom stereocenters. The lowest BCUT2D eigenvalue weighted by Crippen LogP contribution is -2.35. The summed E-state index contributed by atoms with van der Waals surface area (Å²) in [5.74, 6) is -0.313. The van der Waals surface area contributed by atoms with Crippen molar-refractivity contribution in [1.29, 1.82) is 0 Å². The summed E-state index contributed by atoms with van der Waals surface area (Å²) < 4.78 is 0.725. The lowest BCUT2D eigenvalue weighted by atomic mass is 10.1. The Kier molecular flexibility index (Phi) is 4.78. The van der Waals surface area contributed by atoms with Crippen molar-refractivity contribution in [3.8, 4) is 10.6 Å². The molecule has 7 heteroatoms. The fourth-order valence-corrected chi connectivity index (χ4v) is 3.06. The highest BCUT2D eigenvalue weighted by atomic mass is 35.5. The summed E-state index contributed by atoms with van der Waals surface area (Å²) in [5.41, 5.74) is 2.67. The van der Waals surface area contributed by atoms with Crippen molar-refractivity contribution in [2.45, 2.75) is 13.5 Å². The van der Waals surface area contributed by atoms with Gasteiger partial charge in [-0.3, -0.25) is 4.79 Å². The van der Waals surface area contributed by atoms with Crippen LogP contribution in [0.5, 0.6) is 0 Å². The van der Waals surface area contributed by atoms with Crippen LogP contribution in [0.4, 0.5) is 0 Å². The van der Waals surface area contributed by atoms with Gasteiger partial charge in [-0.25, -0.2) is 4.98 Å². The number of halogens is 1. The second-order valence-corrected chi connectivity index (χ2v) is 6.47. The molecule has 0 aliphatic heterocycles. The summed E-state index contributed by atoms with van der Waals surface area (Å²) in [4.78, 5) is 16.6. The number of hydrogen-bond acceptors (Lipinski definition) is 4. The summed E-state index contributed by atoms with van der Waals surface area (Å²) in [6.45, 7) is 2.07. The van der Waals surface area contributed by atoms with Gasteiger partial charge < -0.3 is 10.5 Å². The Hall–Kier alpha value is -2.44. The number of benzene rings is 1. The Morgan fingerprint density at radius 3 is 2.96 bits per heavy atom. The minimum atomic E-state index is -0.313. The number of rotatable bonds is 4. The maximum atomic E-state index is 12.2. The number of thiazole rings is 1. The van der Waals surface area contributed by atoms with Crippen LogP contribution in [0.2, 0.25) is 5.02 Å². The zero-order valence-corrected chi connectivity index (χ0v) is 14.4. The van der Waals surface area contributed by atoms with Crippen molar-refractivity contribution in [3.05, 3.63) is 75.2 Å². The predicted molar refractivity (Wildman–Crippen MR) is 93.9 cm³/mol. The Morgan fingerprint density at radius 1 is 1.38 bits per heavy atom. The number of aryl methyl sites for hydroxylation is 1. The molecule has 2 aromatic heterocycles. The summed E-state index contributed by atoms with van der Waals surface area (Å²) in [5, 5.41) is 17.4. The fourth-order valence-electron chi connectivity index (χ4n) is 2.15. The van der Waals surface area contributed by atoms with Crippen molar-refractivity contribution >= 4 is 28.8 Å².